The Bertz CT molecular complexity index is 298. The van der Waals surface area contributed by atoms with Crippen molar-refractivity contribution in [2.45, 2.75) is 32.6 Å². The second-order valence-electron chi connectivity index (χ2n) is 4.08. The van der Waals surface area contributed by atoms with E-state index in [1.54, 1.807) is 12.1 Å². The van der Waals surface area contributed by atoms with Crippen LogP contribution < -0.4 is 0 Å². The van der Waals surface area contributed by atoms with E-state index in [4.69, 9.17) is 0 Å². The van der Waals surface area contributed by atoms with Crippen molar-refractivity contribution in [3.63, 3.8) is 0 Å². The first-order valence-corrected chi connectivity index (χ1v) is 6.62. The minimum absolute atomic E-state index is 0.137. The molecular formula is C13H18BrF. The molecule has 0 aliphatic rings. The Labute approximate surface area is 100 Å². The first-order chi connectivity index (χ1) is 7.19. The highest BCUT2D eigenvalue weighted by atomic mass is 79.9. The van der Waals surface area contributed by atoms with Crippen LogP contribution in [-0.4, -0.2) is 5.33 Å². The van der Waals surface area contributed by atoms with E-state index in [9.17, 15) is 4.39 Å². The molecule has 15 heavy (non-hydrogen) atoms. The average Bonchev–Trinajstić information content (AvgIpc) is 2.19. The van der Waals surface area contributed by atoms with Gasteiger partial charge in [0.05, 0.1) is 0 Å². The minimum Gasteiger partial charge on any atom is -0.207 e. The maximum Gasteiger partial charge on any atom is 0.123 e. The average molecular weight is 273 g/mol. The molecule has 1 aromatic carbocycles. The summed E-state index contributed by atoms with van der Waals surface area (Å²) in [5, 5.41) is 0.900. The Kier molecular flexibility index (Phi) is 5.30. The van der Waals surface area contributed by atoms with Crippen LogP contribution in [0.15, 0.2) is 24.3 Å². The number of hydrogen-bond donors (Lipinski definition) is 0. The zero-order chi connectivity index (χ0) is 11.3. The van der Waals surface area contributed by atoms with Crippen LogP contribution in [-0.2, 0) is 0 Å². The predicted octanol–water partition coefficient (Wildman–Crippen LogP) is 4.74. The van der Waals surface area contributed by atoms with E-state index in [2.05, 4.69) is 29.8 Å². The third kappa shape index (κ3) is 3.60. The summed E-state index contributed by atoms with van der Waals surface area (Å²) in [4.78, 5) is 0. The van der Waals surface area contributed by atoms with Gasteiger partial charge >= 0.3 is 0 Å². The predicted molar refractivity (Wildman–Crippen MR) is 67.0 cm³/mol. The van der Waals surface area contributed by atoms with E-state index in [1.165, 1.54) is 18.9 Å². The van der Waals surface area contributed by atoms with Crippen molar-refractivity contribution in [1.82, 2.24) is 0 Å². The van der Waals surface area contributed by atoms with Crippen LogP contribution in [0.2, 0.25) is 0 Å². The van der Waals surface area contributed by atoms with Crippen molar-refractivity contribution in [2.75, 3.05) is 5.33 Å². The van der Waals surface area contributed by atoms with Crippen LogP contribution in [0.5, 0.6) is 0 Å². The quantitative estimate of drug-likeness (QED) is 0.680. The summed E-state index contributed by atoms with van der Waals surface area (Å²) in [5.74, 6) is 0.874. The monoisotopic (exact) mass is 272 g/mol. The third-order valence-corrected chi connectivity index (χ3v) is 3.57. The Hall–Kier alpha value is -0.370. The lowest BCUT2D eigenvalue weighted by Gasteiger charge is -2.22. The molecule has 0 nitrogen and oxygen atoms in total. The fourth-order valence-electron chi connectivity index (χ4n) is 1.96. The highest BCUT2D eigenvalue weighted by Crippen LogP contribution is 2.29. The van der Waals surface area contributed by atoms with Gasteiger partial charge in [0.2, 0.25) is 0 Å². The van der Waals surface area contributed by atoms with Crippen molar-refractivity contribution in [2.24, 2.45) is 5.92 Å². The molecule has 0 saturated carbocycles. The molecule has 0 fully saturated rings. The van der Waals surface area contributed by atoms with E-state index >= 15 is 0 Å². The van der Waals surface area contributed by atoms with Crippen LogP contribution in [0, 0.1) is 11.7 Å². The molecule has 0 saturated heterocycles. The smallest absolute Gasteiger partial charge is 0.123 e. The van der Waals surface area contributed by atoms with Crippen LogP contribution >= 0.6 is 15.9 Å². The van der Waals surface area contributed by atoms with Gasteiger partial charge in [-0.1, -0.05) is 54.8 Å². The second kappa shape index (κ2) is 6.26. The van der Waals surface area contributed by atoms with Gasteiger partial charge in [-0.2, -0.15) is 0 Å². The summed E-state index contributed by atoms with van der Waals surface area (Å²) >= 11 is 3.53. The lowest BCUT2D eigenvalue weighted by atomic mass is 9.86. The largest absolute Gasteiger partial charge is 0.207 e. The Balaban J connectivity index is 2.82. The van der Waals surface area contributed by atoms with E-state index in [0.717, 1.165) is 10.9 Å². The number of alkyl halides is 1. The summed E-state index contributed by atoms with van der Waals surface area (Å²) < 4.78 is 13.1. The topological polar surface area (TPSA) is 0 Å². The molecule has 0 spiro atoms. The molecule has 2 unspecified atom stereocenters. The summed E-state index contributed by atoms with van der Waals surface area (Å²) in [6, 6.07) is 6.96. The minimum atomic E-state index is -0.137. The molecule has 0 heterocycles. The molecule has 2 heteroatoms. The van der Waals surface area contributed by atoms with Gasteiger partial charge in [-0.25, -0.2) is 4.39 Å². The maximum absolute atomic E-state index is 13.1. The Morgan fingerprint density at radius 1 is 1.40 bits per heavy atom. The normalized spacial score (nSPS) is 14.9. The molecule has 0 bridgehead atoms. The summed E-state index contributed by atoms with van der Waals surface area (Å²) in [6.07, 6.45) is 2.37. The summed E-state index contributed by atoms with van der Waals surface area (Å²) in [6.45, 7) is 4.42. The van der Waals surface area contributed by atoms with Gasteiger partial charge in [0.1, 0.15) is 5.82 Å². The number of benzene rings is 1. The van der Waals surface area contributed by atoms with Crippen LogP contribution in [0.1, 0.15) is 38.2 Å². The fraction of sp³-hybridized carbons (Fsp3) is 0.538. The van der Waals surface area contributed by atoms with Gasteiger partial charge in [-0.15, -0.1) is 0 Å². The molecule has 1 aromatic rings. The van der Waals surface area contributed by atoms with E-state index in [0.29, 0.717) is 11.8 Å². The van der Waals surface area contributed by atoms with Gasteiger partial charge in [0, 0.05) is 5.33 Å². The molecule has 0 amide bonds. The van der Waals surface area contributed by atoms with Crippen LogP contribution in [0.4, 0.5) is 4.39 Å². The van der Waals surface area contributed by atoms with Crippen LogP contribution in [0.25, 0.3) is 0 Å². The lowest BCUT2D eigenvalue weighted by Crippen LogP contribution is -2.11. The fourth-order valence-corrected chi connectivity index (χ4v) is 2.98. The van der Waals surface area contributed by atoms with E-state index in [-0.39, 0.29) is 5.82 Å². The molecule has 84 valence electrons. The maximum atomic E-state index is 13.1. The molecule has 0 aliphatic heterocycles. The van der Waals surface area contributed by atoms with Gasteiger partial charge in [0.15, 0.2) is 0 Å². The first-order valence-electron chi connectivity index (χ1n) is 5.50. The molecule has 0 N–H and O–H groups in total. The van der Waals surface area contributed by atoms with E-state index in [1.807, 2.05) is 6.07 Å². The summed E-state index contributed by atoms with van der Waals surface area (Å²) in [5.41, 5.74) is 1.10. The second-order valence-corrected chi connectivity index (χ2v) is 4.73. The summed E-state index contributed by atoms with van der Waals surface area (Å²) in [7, 11) is 0. The molecule has 2 atom stereocenters. The molecule has 0 aromatic heterocycles. The van der Waals surface area contributed by atoms with Crippen molar-refractivity contribution < 1.29 is 4.39 Å². The number of halogens is 2. The van der Waals surface area contributed by atoms with Gasteiger partial charge in [-0.05, 0) is 29.5 Å². The standard InChI is InChI=1S/C13H18BrF/c1-3-5-10(2)13(9-14)11-6-4-7-12(15)8-11/h4,6-8,10,13H,3,5,9H2,1-2H3. The van der Waals surface area contributed by atoms with Gasteiger partial charge in [0.25, 0.3) is 0 Å². The van der Waals surface area contributed by atoms with Crippen molar-refractivity contribution >= 4 is 15.9 Å². The third-order valence-electron chi connectivity index (χ3n) is 2.87. The molecule has 1 rings (SSSR count). The highest BCUT2D eigenvalue weighted by molar-refractivity contribution is 9.09. The zero-order valence-corrected chi connectivity index (χ0v) is 10.9. The number of hydrogen-bond acceptors (Lipinski definition) is 0. The molecule has 0 aliphatic carbocycles. The van der Waals surface area contributed by atoms with Crippen LogP contribution in [0.3, 0.4) is 0 Å². The SMILES string of the molecule is CCCC(C)C(CBr)c1cccc(F)c1. The van der Waals surface area contributed by atoms with Crippen molar-refractivity contribution in [3.05, 3.63) is 35.6 Å². The highest BCUT2D eigenvalue weighted by Gasteiger charge is 2.17. The number of rotatable bonds is 5. The molecule has 0 radical (unpaired) electrons. The van der Waals surface area contributed by atoms with Crippen molar-refractivity contribution in [1.29, 1.82) is 0 Å². The molecular weight excluding hydrogens is 255 g/mol. The van der Waals surface area contributed by atoms with Gasteiger partial charge in [-0.3, -0.25) is 0 Å². The Morgan fingerprint density at radius 3 is 2.67 bits per heavy atom. The first kappa shape index (κ1) is 12.7. The van der Waals surface area contributed by atoms with Crippen molar-refractivity contribution in [3.8, 4) is 0 Å². The Morgan fingerprint density at radius 2 is 2.13 bits per heavy atom. The van der Waals surface area contributed by atoms with Gasteiger partial charge < -0.3 is 0 Å². The lowest BCUT2D eigenvalue weighted by molar-refractivity contribution is 0.453. The zero-order valence-electron chi connectivity index (χ0n) is 9.34. The van der Waals surface area contributed by atoms with E-state index < -0.39 is 0 Å².